The van der Waals surface area contributed by atoms with Crippen LogP contribution in [0.25, 0.3) is 0 Å². The lowest BCUT2D eigenvalue weighted by Crippen LogP contribution is -2.09. The van der Waals surface area contributed by atoms with Crippen molar-refractivity contribution < 1.29 is 17.2 Å². The fourth-order valence-electron chi connectivity index (χ4n) is 1.65. The summed E-state index contributed by atoms with van der Waals surface area (Å²) in [6, 6.07) is 6.82. The monoisotopic (exact) mass is 294 g/mol. The van der Waals surface area contributed by atoms with Crippen molar-refractivity contribution in [1.82, 2.24) is 4.98 Å². The molecule has 0 N–H and O–H groups in total. The molecule has 0 fully saturated rings. The van der Waals surface area contributed by atoms with E-state index in [0.29, 0.717) is 6.07 Å². The second kappa shape index (κ2) is 5.35. The first kappa shape index (κ1) is 14.1. The molecule has 7 heteroatoms. The van der Waals surface area contributed by atoms with Gasteiger partial charge in [0, 0.05) is 11.8 Å². The normalized spacial score (nSPS) is 11.1. The predicted molar refractivity (Wildman–Crippen MR) is 66.2 cm³/mol. The van der Waals surface area contributed by atoms with E-state index in [2.05, 4.69) is 4.98 Å². The highest BCUT2D eigenvalue weighted by molar-refractivity contribution is 7.90. The number of aromatic nitrogens is 1. The Morgan fingerprint density at radius 2 is 2.00 bits per heavy atom. The standard InChI is InChI=1S/C13H8F2N2O2S/c14-10-3-4-11(15)13(6-10)20(18,19)8-9-2-1-5-17-12(9)7-16/h1-6H,8H2. The Bertz CT molecular complexity index is 798. The molecule has 0 bridgehead atoms. The zero-order chi connectivity index (χ0) is 14.8. The molecule has 0 saturated heterocycles. The zero-order valence-electron chi connectivity index (χ0n) is 10.0. The van der Waals surface area contributed by atoms with Gasteiger partial charge in [0.2, 0.25) is 0 Å². The lowest BCUT2D eigenvalue weighted by atomic mass is 10.2. The quantitative estimate of drug-likeness (QED) is 0.870. The molecule has 0 saturated carbocycles. The summed E-state index contributed by atoms with van der Waals surface area (Å²) in [6.07, 6.45) is 1.34. The number of sulfone groups is 1. The van der Waals surface area contributed by atoms with E-state index < -0.39 is 32.1 Å². The predicted octanol–water partition coefficient (Wildman–Crippen LogP) is 2.21. The Balaban J connectivity index is 2.47. The molecule has 0 atom stereocenters. The van der Waals surface area contributed by atoms with Crippen LogP contribution in [-0.4, -0.2) is 13.4 Å². The van der Waals surface area contributed by atoms with Gasteiger partial charge < -0.3 is 0 Å². The topological polar surface area (TPSA) is 70.8 Å². The fourth-order valence-corrected chi connectivity index (χ4v) is 3.11. The summed E-state index contributed by atoms with van der Waals surface area (Å²) in [6.45, 7) is 0. The SMILES string of the molecule is N#Cc1ncccc1CS(=O)(=O)c1cc(F)ccc1F. The molecule has 1 aromatic carbocycles. The van der Waals surface area contributed by atoms with E-state index in [-0.39, 0.29) is 11.3 Å². The molecule has 1 heterocycles. The van der Waals surface area contributed by atoms with Crippen molar-refractivity contribution in [1.29, 1.82) is 5.26 Å². The van der Waals surface area contributed by atoms with Crippen LogP contribution in [0.15, 0.2) is 41.4 Å². The Hall–Kier alpha value is -2.33. The van der Waals surface area contributed by atoms with E-state index in [4.69, 9.17) is 5.26 Å². The van der Waals surface area contributed by atoms with Gasteiger partial charge in [-0.25, -0.2) is 22.2 Å². The van der Waals surface area contributed by atoms with Gasteiger partial charge >= 0.3 is 0 Å². The number of hydrogen-bond acceptors (Lipinski definition) is 4. The van der Waals surface area contributed by atoms with Gasteiger partial charge in [-0.1, -0.05) is 6.07 Å². The lowest BCUT2D eigenvalue weighted by Gasteiger charge is -2.06. The summed E-state index contributed by atoms with van der Waals surface area (Å²) >= 11 is 0. The van der Waals surface area contributed by atoms with Crippen molar-refractivity contribution in [3.63, 3.8) is 0 Å². The van der Waals surface area contributed by atoms with E-state index in [9.17, 15) is 17.2 Å². The van der Waals surface area contributed by atoms with Gasteiger partial charge in [-0.05, 0) is 24.3 Å². The van der Waals surface area contributed by atoms with Crippen LogP contribution in [0.4, 0.5) is 8.78 Å². The second-order valence-corrected chi connectivity index (χ2v) is 5.91. The van der Waals surface area contributed by atoms with E-state index >= 15 is 0 Å². The van der Waals surface area contributed by atoms with Gasteiger partial charge in [0.15, 0.2) is 9.84 Å². The van der Waals surface area contributed by atoms with Gasteiger partial charge in [-0.2, -0.15) is 5.26 Å². The highest BCUT2D eigenvalue weighted by Crippen LogP contribution is 2.21. The first-order valence-electron chi connectivity index (χ1n) is 5.46. The van der Waals surface area contributed by atoms with Crippen LogP contribution in [-0.2, 0) is 15.6 Å². The molecule has 0 aliphatic heterocycles. The van der Waals surface area contributed by atoms with Crippen LogP contribution < -0.4 is 0 Å². The molecule has 0 aliphatic carbocycles. The minimum Gasteiger partial charge on any atom is -0.245 e. The lowest BCUT2D eigenvalue weighted by molar-refractivity contribution is 0.552. The van der Waals surface area contributed by atoms with Crippen molar-refractivity contribution in [2.45, 2.75) is 10.6 Å². The Morgan fingerprint density at radius 1 is 1.25 bits per heavy atom. The van der Waals surface area contributed by atoms with Crippen molar-refractivity contribution in [2.75, 3.05) is 0 Å². The van der Waals surface area contributed by atoms with E-state index in [1.54, 1.807) is 6.07 Å². The molecule has 20 heavy (non-hydrogen) atoms. The Labute approximate surface area is 114 Å². The van der Waals surface area contributed by atoms with Crippen LogP contribution in [0.5, 0.6) is 0 Å². The number of halogens is 2. The molecule has 102 valence electrons. The van der Waals surface area contributed by atoms with E-state index in [1.165, 1.54) is 18.3 Å². The van der Waals surface area contributed by atoms with Crippen molar-refractivity contribution >= 4 is 9.84 Å². The average Bonchev–Trinajstić information content (AvgIpc) is 2.41. The summed E-state index contributed by atoms with van der Waals surface area (Å²) in [4.78, 5) is 2.99. The summed E-state index contributed by atoms with van der Waals surface area (Å²) in [5, 5.41) is 8.84. The average molecular weight is 294 g/mol. The molecule has 0 amide bonds. The zero-order valence-corrected chi connectivity index (χ0v) is 10.9. The van der Waals surface area contributed by atoms with Crippen molar-refractivity contribution in [3.8, 4) is 6.07 Å². The largest absolute Gasteiger partial charge is 0.245 e. The summed E-state index contributed by atoms with van der Waals surface area (Å²) in [5.41, 5.74) is 0.0755. The van der Waals surface area contributed by atoms with Crippen LogP contribution in [0.3, 0.4) is 0 Å². The molecule has 4 nitrogen and oxygen atoms in total. The minimum atomic E-state index is -4.11. The third kappa shape index (κ3) is 2.81. The maximum absolute atomic E-state index is 13.5. The summed E-state index contributed by atoms with van der Waals surface area (Å²) < 4.78 is 50.8. The van der Waals surface area contributed by atoms with Crippen molar-refractivity contribution in [3.05, 3.63) is 59.4 Å². The van der Waals surface area contributed by atoms with Gasteiger partial charge in [-0.15, -0.1) is 0 Å². The van der Waals surface area contributed by atoms with Gasteiger partial charge in [0.1, 0.15) is 28.3 Å². The van der Waals surface area contributed by atoms with E-state index in [0.717, 1.165) is 12.1 Å². The number of nitriles is 1. The molecular weight excluding hydrogens is 286 g/mol. The van der Waals surface area contributed by atoms with E-state index in [1.807, 2.05) is 0 Å². The highest BCUT2D eigenvalue weighted by atomic mass is 32.2. The molecule has 2 aromatic rings. The smallest absolute Gasteiger partial charge is 0.185 e. The highest BCUT2D eigenvalue weighted by Gasteiger charge is 2.22. The molecule has 0 radical (unpaired) electrons. The number of nitrogens with zero attached hydrogens (tertiary/aromatic N) is 2. The number of pyridine rings is 1. The summed E-state index contributed by atoms with van der Waals surface area (Å²) in [5.74, 6) is -2.50. The van der Waals surface area contributed by atoms with Crippen LogP contribution in [0.1, 0.15) is 11.3 Å². The van der Waals surface area contributed by atoms with Gasteiger partial charge in [-0.3, -0.25) is 0 Å². The first-order valence-corrected chi connectivity index (χ1v) is 7.11. The number of rotatable bonds is 3. The van der Waals surface area contributed by atoms with Gasteiger partial charge in [0.25, 0.3) is 0 Å². The Kier molecular flexibility index (Phi) is 3.77. The maximum atomic E-state index is 13.5. The van der Waals surface area contributed by atoms with Crippen molar-refractivity contribution in [2.24, 2.45) is 0 Å². The third-order valence-electron chi connectivity index (χ3n) is 2.57. The van der Waals surface area contributed by atoms with Crippen LogP contribution in [0, 0.1) is 23.0 Å². The number of benzene rings is 1. The Morgan fingerprint density at radius 3 is 2.70 bits per heavy atom. The fraction of sp³-hybridized carbons (Fsp3) is 0.0769. The van der Waals surface area contributed by atoms with Gasteiger partial charge in [0.05, 0.1) is 5.75 Å². The second-order valence-electron chi connectivity index (χ2n) is 3.96. The minimum absolute atomic E-state index is 0.0621. The van der Waals surface area contributed by atoms with Crippen LogP contribution >= 0.6 is 0 Å². The molecule has 0 spiro atoms. The molecule has 0 unspecified atom stereocenters. The molecule has 1 aromatic heterocycles. The molecule has 0 aliphatic rings. The summed E-state index contributed by atoms with van der Waals surface area (Å²) in [7, 11) is -4.11. The third-order valence-corrected chi connectivity index (χ3v) is 4.25. The first-order chi connectivity index (χ1) is 9.44. The molecule has 2 rings (SSSR count). The maximum Gasteiger partial charge on any atom is 0.185 e. The van der Waals surface area contributed by atoms with Crippen LogP contribution in [0.2, 0.25) is 0 Å². The number of hydrogen-bond donors (Lipinski definition) is 0. The molecular formula is C13H8F2N2O2S.